The Labute approximate surface area is 129 Å². The van der Waals surface area contributed by atoms with Gasteiger partial charge < -0.3 is 5.73 Å². The number of rotatable bonds is 7. The van der Waals surface area contributed by atoms with Crippen molar-refractivity contribution in [3.05, 3.63) is 34.9 Å². The van der Waals surface area contributed by atoms with E-state index in [2.05, 4.69) is 0 Å². The quantitative estimate of drug-likeness (QED) is 0.814. The van der Waals surface area contributed by atoms with Crippen LogP contribution in [0.5, 0.6) is 0 Å². The fraction of sp³-hybridized carbons (Fsp3) is 0.600. The third kappa shape index (κ3) is 6.24. The van der Waals surface area contributed by atoms with Gasteiger partial charge >= 0.3 is 6.18 Å². The Morgan fingerprint density at radius 1 is 1.14 bits per heavy atom. The van der Waals surface area contributed by atoms with Crippen LogP contribution in [0.1, 0.15) is 31.7 Å². The summed E-state index contributed by atoms with van der Waals surface area (Å²) in [6.45, 7) is 2.84. The van der Waals surface area contributed by atoms with Crippen molar-refractivity contribution in [2.24, 2.45) is 5.73 Å². The van der Waals surface area contributed by atoms with Crippen molar-refractivity contribution < 1.29 is 13.2 Å². The number of likely N-dealkylation sites (N-methyl/N-ethyl adjacent to an activating group) is 1. The summed E-state index contributed by atoms with van der Waals surface area (Å²) in [5.74, 6) is 0. The minimum atomic E-state index is -4.11. The van der Waals surface area contributed by atoms with Crippen molar-refractivity contribution in [1.82, 2.24) is 4.90 Å². The van der Waals surface area contributed by atoms with Crippen LogP contribution in [0, 0.1) is 0 Å². The number of benzene rings is 1. The maximum Gasteiger partial charge on any atom is 0.389 e. The molecule has 0 amide bonds. The Balaban J connectivity index is 2.61. The zero-order chi connectivity index (χ0) is 16.1. The van der Waals surface area contributed by atoms with Gasteiger partial charge in [0.1, 0.15) is 0 Å². The zero-order valence-electron chi connectivity index (χ0n) is 12.4. The topological polar surface area (TPSA) is 29.3 Å². The van der Waals surface area contributed by atoms with E-state index in [0.29, 0.717) is 24.5 Å². The Morgan fingerprint density at radius 3 is 2.19 bits per heavy atom. The van der Waals surface area contributed by atoms with Crippen LogP contribution in [-0.4, -0.2) is 30.2 Å². The maximum absolute atomic E-state index is 12.3. The molecule has 21 heavy (non-hydrogen) atoms. The summed E-state index contributed by atoms with van der Waals surface area (Å²) in [4.78, 5) is 2.01. The molecule has 1 atom stereocenters. The molecule has 2 N–H and O–H groups in total. The lowest BCUT2D eigenvalue weighted by atomic mass is 9.92. The van der Waals surface area contributed by atoms with Gasteiger partial charge in [0.05, 0.1) is 0 Å². The fourth-order valence-electron chi connectivity index (χ4n) is 2.17. The number of halogens is 4. The molecule has 0 fully saturated rings. The summed E-state index contributed by atoms with van der Waals surface area (Å²) in [5.41, 5.74) is 6.39. The first-order valence-electron chi connectivity index (χ1n) is 6.89. The first kappa shape index (κ1) is 18.3. The summed E-state index contributed by atoms with van der Waals surface area (Å²) in [6.07, 6.45) is -4.38. The third-order valence-corrected chi connectivity index (χ3v) is 4.12. The van der Waals surface area contributed by atoms with E-state index < -0.39 is 18.1 Å². The van der Waals surface area contributed by atoms with Crippen LogP contribution in [0.4, 0.5) is 13.2 Å². The molecule has 0 heterocycles. The van der Waals surface area contributed by atoms with Crippen molar-refractivity contribution in [2.75, 3.05) is 13.6 Å². The normalized spacial score (nSPS) is 15.2. The molecule has 0 aliphatic carbocycles. The van der Waals surface area contributed by atoms with Crippen LogP contribution in [0.25, 0.3) is 0 Å². The van der Waals surface area contributed by atoms with Crippen molar-refractivity contribution in [1.29, 1.82) is 0 Å². The number of nitrogens with two attached hydrogens (primary N) is 1. The predicted octanol–water partition coefficient (Wildman–Crippen LogP) is 4.22. The molecule has 2 nitrogen and oxygen atoms in total. The minimum absolute atomic E-state index is 0.0855. The molecule has 120 valence electrons. The van der Waals surface area contributed by atoms with Crippen LogP contribution in [0.3, 0.4) is 0 Å². The Morgan fingerprint density at radius 2 is 1.71 bits per heavy atom. The third-order valence-electron chi connectivity index (χ3n) is 3.87. The second-order valence-corrected chi connectivity index (χ2v) is 6.09. The first-order chi connectivity index (χ1) is 9.66. The number of alkyl halides is 3. The molecule has 0 bridgehead atoms. The van der Waals surface area contributed by atoms with Crippen molar-refractivity contribution >= 4 is 11.6 Å². The molecule has 1 rings (SSSR count). The molecule has 0 saturated carbocycles. The lowest BCUT2D eigenvalue weighted by Gasteiger charge is -2.38. The van der Waals surface area contributed by atoms with Gasteiger partial charge in [0.25, 0.3) is 0 Å². The van der Waals surface area contributed by atoms with Gasteiger partial charge in [-0.2, -0.15) is 13.2 Å². The summed E-state index contributed by atoms with van der Waals surface area (Å²) < 4.78 is 36.8. The predicted molar refractivity (Wildman–Crippen MR) is 80.3 cm³/mol. The van der Waals surface area contributed by atoms with E-state index in [-0.39, 0.29) is 6.42 Å². The Bertz CT molecular complexity index is 434. The van der Waals surface area contributed by atoms with Gasteiger partial charge in [-0.25, -0.2) is 0 Å². The van der Waals surface area contributed by atoms with E-state index in [0.717, 1.165) is 5.56 Å². The van der Waals surface area contributed by atoms with Crippen LogP contribution in [-0.2, 0) is 6.54 Å². The monoisotopic (exact) mass is 322 g/mol. The van der Waals surface area contributed by atoms with Gasteiger partial charge in [-0.3, -0.25) is 4.90 Å². The highest BCUT2D eigenvalue weighted by Gasteiger charge is 2.31. The SMILES string of the molecule is CN(Cc1ccc(Cl)cc1)C(C)(CN)CCCC(F)(F)F. The summed E-state index contributed by atoms with van der Waals surface area (Å²) in [7, 11) is 1.88. The smallest absolute Gasteiger partial charge is 0.329 e. The van der Waals surface area contributed by atoms with Crippen LogP contribution in [0.15, 0.2) is 24.3 Å². The van der Waals surface area contributed by atoms with E-state index in [1.54, 1.807) is 12.1 Å². The van der Waals surface area contributed by atoms with E-state index in [4.69, 9.17) is 17.3 Å². The summed E-state index contributed by atoms with van der Waals surface area (Å²) >= 11 is 5.84. The first-order valence-corrected chi connectivity index (χ1v) is 7.26. The second-order valence-electron chi connectivity index (χ2n) is 5.65. The zero-order valence-corrected chi connectivity index (χ0v) is 13.1. The van der Waals surface area contributed by atoms with Gasteiger partial charge in [0.15, 0.2) is 0 Å². The molecule has 0 spiro atoms. The van der Waals surface area contributed by atoms with Crippen LogP contribution < -0.4 is 5.73 Å². The largest absolute Gasteiger partial charge is 0.389 e. The van der Waals surface area contributed by atoms with E-state index >= 15 is 0 Å². The molecule has 1 aromatic rings. The molecule has 0 radical (unpaired) electrons. The molecule has 1 unspecified atom stereocenters. The van der Waals surface area contributed by atoms with E-state index in [9.17, 15) is 13.2 Å². The van der Waals surface area contributed by atoms with Gasteiger partial charge in [-0.05, 0) is 44.5 Å². The van der Waals surface area contributed by atoms with E-state index in [1.807, 2.05) is 31.0 Å². The van der Waals surface area contributed by atoms with E-state index in [1.165, 1.54) is 0 Å². The van der Waals surface area contributed by atoms with Gasteiger partial charge in [-0.1, -0.05) is 23.7 Å². The highest BCUT2D eigenvalue weighted by Crippen LogP contribution is 2.27. The van der Waals surface area contributed by atoms with Crippen molar-refractivity contribution in [3.63, 3.8) is 0 Å². The fourth-order valence-corrected chi connectivity index (χ4v) is 2.30. The van der Waals surface area contributed by atoms with Crippen LogP contribution in [0.2, 0.25) is 5.02 Å². The molecule has 0 saturated heterocycles. The molecule has 0 aromatic heterocycles. The molecule has 6 heteroatoms. The van der Waals surface area contributed by atoms with Crippen molar-refractivity contribution in [3.8, 4) is 0 Å². The molecule has 0 aliphatic rings. The Kier molecular flexibility index (Phi) is 6.50. The maximum atomic E-state index is 12.3. The second kappa shape index (κ2) is 7.47. The van der Waals surface area contributed by atoms with Crippen LogP contribution >= 0.6 is 11.6 Å². The lowest BCUT2D eigenvalue weighted by Crippen LogP contribution is -2.49. The van der Waals surface area contributed by atoms with Gasteiger partial charge in [0, 0.05) is 30.1 Å². The standard InChI is InChI=1S/C15H22ClF3N2/c1-14(11-20,8-3-9-15(17,18)19)21(2)10-12-4-6-13(16)7-5-12/h4-7H,3,8-11,20H2,1-2H3. The van der Waals surface area contributed by atoms with Crippen molar-refractivity contribution in [2.45, 2.75) is 44.4 Å². The number of hydrogen-bond acceptors (Lipinski definition) is 2. The average molecular weight is 323 g/mol. The highest BCUT2D eigenvalue weighted by molar-refractivity contribution is 6.30. The Hall–Kier alpha value is -0.780. The molecular weight excluding hydrogens is 301 g/mol. The van der Waals surface area contributed by atoms with Gasteiger partial charge in [-0.15, -0.1) is 0 Å². The minimum Gasteiger partial charge on any atom is -0.329 e. The highest BCUT2D eigenvalue weighted by atomic mass is 35.5. The molecule has 0 aliphatic heterocycles. The molecular formula is C15H22ClF3N2. The number of hydrogen-bond donors (Lipinski definition) is 1. The average Bonchev–Trinajstić information content (AvgIpc) is 2.39. The number of nitrogens with zero attached hydrogens (tertiary/aromatic N) is 1. The van der Waals surface area contributed by atoms with Gasteiger partial charge in [0.2, 0.25) is 0 Å². The molecule has 1 aromatic carbocycles. The summed E-state index contributed by atoms with van der Waals surface area (Å²) in [5, 5.41) is 0.660. The lowest BCUT2D eigenvalue weighted by molar-refractivity contribution is -0.136. The summed E-state index contributed by atoms with van der Waals surface area (Å²) in [6, 6.07) is 7.42.